The van der Waals surface area contributed by atoms with Crippen molar-refractivity contribution in [2.24, 2.45) is 11.8 Å². The molecule has 3 saturated carbocycles. The number of benzene rings is 2. The van der Waals surface area contributed by atoms with Crippen molar-refractivity contribution in [2.75, 3.05) is 0 Å². The molecule has 0 saturated heterocycles. The monoisotopic (exact) mass is 668 g/mol. The Morgan fingerprint density at radius 1 is 0.680 bits per heavy atom. The van der Waals surface area contributed by atoms with Gasteiger partial charge in [0.25, 0.3) is 0 Å². The number of allylic oxidation sites excluding steroid dienone is 8. The van der Waals surface area contributed by atoms with Crippen LogP contribution in [0, 0.1) is 11.8 Å². The summed E-state index contributed by atoms with van der Waals surface area (Å²) in [7, 11) is 0. The van der Waals surface area contributed by atoms with Crippen molar-refractivity contribution < 1.29 is 4.79 Å². The van der Waals surface area contributed by atoms with Crippen LogP contribution in [0.4, 0.5) is 0 Å². The van der Waals surface area contributed by atoms with Crippen LogP contribution in [0.25, 0.3) is 5.57 Å². The second-order valence-electron chi connectivity index (χ2n) is 16.9. The first-order chi connectivity index (χ1) is 24.6. The Hall–Kier alpha value is -2.93. The molecule has 1 heteroatoms. The summed E-state index contributed by atoms with van der Waals surface area (Å²) in [5, 5.41) is 0. The maximum absolute atomic E-state index is 14.0. The summed E-state index contributed by atoms with van der Waals surface area (Å²) in [6.07, 6.45) is 35.8. The number of fused-ring (bicyclic) bond motifs is 1. The van der Waals surface area contributed by atoms with Crippen LogP contribution in [-0.4, -0.2) is 5.78 Å². The van der Waals surface area contributed by atoms with Crippen LogP contribution in [0.1, 0.15) is 188 Å². The van der Waals surface area contributed by atoms with E-state index in [0.717, 1.165) is 55.4 Å². The predicted molar refractivity (Wildman–Crippen MR) is 213 cm³/mol. The van der Waals surface area contributed by atoms with Gasteiger partial charge in [0.1, 0.15) is 0 Å². The zero-order valence-corrected chi connectivity index (χ0v) is 31.5. The highest BCUT2D eigenvalue weighted by Crippen LogP contribution is 2.48. The average molecular weight is 669 g/mol. The fraction of sp³-hybridized carbons (Fsp3) is 0.571. The molecule has 2 aromatic rings. The van der Waals surface area contributed by atoms with E-state index in [1.165, 1.54) is 130 Å². The fourth-order valence-electron chi connectivity index (χ4n) is 9.42. The van der Waals surface area contributed by atoms with Gasteiger partial charge in [-0.05, 0) is 165 Å². The molecule has 1 unspecified atom stereocenters. The summed E-state index contributed by atoms with van der Waals surface area (Å²) in [4.78, 5) is 14.0. The average Bonchev–Trinajstić information content (AvgIpc) is 4.06. The third-order valence-electron chi connectivity index (χ3n) is 12.9. The van der Waals surface area contributed by atoms with Gasteiger partial charge in [0.15, 0.2) is 5.78 Å². The number of carbonyl (C=O) groups is 1. The first kappa shape index (κ1) is 35.5. The third-order valence-corrected chi connectivity index (χ3v) is 12.9. The van der Waals surface area contributed by atoms with E-state index in [1.54, 1.807) is 11.1 Å². The van der Waals surface area contributed by atoms with Gasteiger partial charge < -0.3 is 0 Å². The molecule has 0 radical (unpaired) electrons. The summed E-state index contributed by atoms with van der Waals surface area (Å²) in [5.41, 5.74) is 12.6. The molecule has 0 aromatic heterocycles. The number of aryl methyl sites for hydroxylation is 1. The predicted octanol–water partition coefficient (Wildman–Crippen LogP) is 14.1. The van der Waals surface area contributed by atoms with E-state index >= 15 is 0 Å². The molecule has 0 amide bonds. The number of rotatable bonds is 9. The Morgan fingerprint density at radius 3 is 2.08 bits per heavy atom. The van der Waals surface area contributed by atoms with Crippen molar-refractivity contribution >= 4 is 11.4 Å². The van der Waals surface area contributed by atoms with Crippen molar-refractivity contribution in [3.8, 4) is 0 Å². The van der Waals surface area contributed by atoms with Gasteiger partial charge in [-0.2, -0.15) is 0 Å². The van der Waals surface area contributed by atoms with Gasteiger partial charge in [-0.25, -0.2) is 0 Å². The number of Topliss-reactive ketones (excluding diaryl/α,β-unsaturated/α-hetero) is 1. The Labute approximate surface area is 304 Å². The molecule has 0 aliphatic heterocycles. The largest absolute Gasteiger partial charge is 0.294 e. The molecule has 1 atom stereocenters. The van der Waals surface area contributed by atoms with Crippen molar-refractivity contribution in [3.63, 3.8) is 0 Å². The van der Waals surface area contributed by atoms with E-state index in [-0.39, 0.29) is 0 Å². The second kappa shape index (κ2) is 17.1. The maximum atomic E-state index is 14.0. The minimum absolute atomic E-state index is 0.313. The molecular weight excluding hydrogens is 605 g/mol. The molecule has 0 bridgehead atoms. The highest BCUT2D eigenvalue weighted by Gasteiger charge is 2.33. The van der Waals surface area contributed by atoms with Gasteiger partial charge in [0.05, 0.1) is 0 Å². The molecule has 0 spiro atoms. The van der Waals surface area contributed by atoms with Gasteiger partial charge in [-0.3, -0.25) is 4.79 Å². The van der Waals surface area contributed by atoms with Gasteiger partial charge in [-0.1, -0.05) is 119 Å². The van der Waals surface area contributed by atoms with Crippen LogP contribution in [0.15, 0.2) is 83.5 Å². The van der Waals surface area contributed by atoms with Gasteiger partial charge in [0, 0.05) is 12.0 Å². The quantitative estimate of drug-likeness (QED) is 0.243. The molecule has 0 heterocycles. The van der Waals surface area contributed by atoms with E-state index < -0.39 is 0 Å². The van der Waals surface area contributed by atoms with Crippen molar-refractivity contribution in [2.45, 2.75) is 166 Å². The maximum Gasteiger partial charge on any atom is 0.164 e. The lowest BCUT2D eigenvalue weighted by molar-refractivity contribution is -0.114. The molecular formula is C49H64O. The molecule has 2 aromatic carbocycles. The van der Waals surface area contributed by atoms with Crippen molar-refractivity contribution in [1.82, 2.24) is 0 Å². The number of carbonyl (C=O) groups excluding carboxylic acids is 1. The van der Waals surface area contributed by atoms with Gasteiger partial charge >= 0.3 is 0 Å². The van der Waals surface area contributed by atoms with Crippen LogP contribution < -0.4 is 0 Å². The summed E-state index contributed by atoms with van der Waals surface area (Å²) < 4.78 is 0. The molecule has 1 nitrogen and oxygen atoms in total. The lowest BCUT2D eigenvalue weighted by Gasteiger charge is -2.21. The topological polar surface area (TPSA) is 17.1 Å². The van der Waals surface area contributed by atoms with Crippen LogP contribution in [-0.2, 0) is 11.2 Å². The van der Waals surface area contributed by atoms with Crippen molar-refractivity contribution in [3.05, 3.63) is 111 Å². The van der Waals surface area contributed by atoms with Crippen molar-refractivity contribution in [1.29, 1.82) is 0 Å². The van der Waals surface area contributed by atoms with Gasteiger partial charge in [0.2, 0.25) is 0 Å². The SMILES string of the molecule is CCC1CC(=O)C(c2ccc(C3CC3)cc2C2CC2)=CC2=CCCC=C(CCCc3ccc(C4CCCCC(C)CCCC4)cc3)CCC=C21. The summed E-state index contributed by atoms with van der Waals surface area (Å²) in [6, 6.07) is 16.9. The Bertz CT molecular complexity index is 1570. The van der Waals surface area contributed by atoms with Crippen LogP contribution in [0.3, 0.4) is 0 Å². The van der Waals surface area contributed by atoms with Gasteiger partial charge in [-0.15, -0.1) is 0 Å². The smallest absolute Gasteiger partial charge is 0.164 e. The second-order valence-corrected chi connectivity index (χ2v) is 16.9. The molecule has 5 aliphatic rings. The summed E-state index contributed by atoms with van der Waals surface area (Å²) >= 11 is 0. The minimum atomic E-state index is 0.313. The standard InChI is InChI=1S/C49H64O/c1-3-38-34-49(50)48(46-31-30-43(41-26-27-41)32-47(46)42-28-29-42)33-44-20-9-6-14-36(17-11-21-45(38)44)15-10-16-37-22-24-40(25-23-37)39-18-7-4-12-35(2)13-5-8-19-39/h14,20-25,30-33,35,38-39,41-42H,3-13,15-19,26-29,34H2,1-2H3. The van der Waals surface area contributed by atoms with Crippen LogP contribution in [0.2, 0.25) is 0 Å². The highest BCUT2D eigenvalue weighted by molar-refractivity contribution is 6.22. The lowest BCUT2D eigenvalue weighted by Crippen LogP contribution is -2.10. The minimum Gasteiger partial charge on any atom is -0.294 e. The zero-order valence-electron chi connectivity index (χ0n) is 31.5. The van der Waals surface area contributed by atoms with E-state index in [4.69, 9.17) is 0 Å². The van der Waals surface area contributed by atoms with E-state index in [1.807, 2.05) is 0 Å². The Balaban J connectivity index is 0.988. The molecule has 5 aliphatic carbocycles. The van der Waals surface area contributed by atoms with E-state index in [2.05, 4.69) is 80.6 Å². The molecule has 7 rings (SSSR count). The first-order valence-electron chi connectivity index (χ1n) is 21.1. The third kappa shape index (κ3) is 9.29. The fourth-order valence-corrected chi connectivity index (χ4v) is 9.42. The Morgan fingerprint density at radius 2 is 1.36 bits per heavy atom. The zero-order chi connectivity index (χ0) is 34.3. The Kier molecular flexibility index (Phi) is 12.1. The normalized spacial score (nSPS) is 25.7. The molecule has 0 N–H and O–H groups in total. The summed E-state index contributed by atoms with van der Waals surface area (Å²) in [5.74, 6) is 3.74. The first-order valence-corrected chi connectivity index (χ1v) is 21.1. The molecule has 3 fully saturated rings. The van der Waals surface area contributed by atoms with E-state index in [9.17, 15) is 4.79 Å². The molecule has 50 heavy (non-hydrogen) atoms. The number of hydrogen-bond acceptors (Lipinski definition) is 1. The molecule has 266 valence electrons. The highest BCUT2D eigenvalue weighted by atomic mass is 16.1. The van der Waals surface area contributed by atoms with Crippen LogP contribution >= 0.6 is 0 Å². The van der Waals surface area contributed by atoms with Crippen LogP contribution in [0.5, 0.6) is 0 Å². The lowest BCUT2D eigenvalue weighted by atomic mass is 9.85. The number of ketones is 1. The number of hydrogen-bond donors (Lipinski definition) is 0. The van der Waals surface area contributed by atoms with E-state index in [0.29, 0.717) is 24.0 Å². The summed E-state index contributed by atoms with van der Waals surface area (Å²) in [6.45, 7) is 4.73.